The SMILES string of the molecule is CN(CC1COc2ccccc2O1)C(=O)COc1ccc(C#N)cc1. The van der Waals surface area contributed by atoms with Gasteiger partial charge in [-0.25, -0.2) is 0 Å². The zero-order valence-corrected chi connectivity index (χ0v) is 13.8. The molecule has 0 aromatic heterocycles. The molecule has 0 fully saturated rings. The van der Waals surface area contributed by atoms with Crippen molar-refractivity contribution in [3.8, 4) is 23.3 Å². The number of ether oxygens (including phenoxy) is 3. The molecule has 25 heavy (non-hydrogen) atoms. The van der Waals surface area contributed by atoms with Gasteiger partial charge >= 0.3 is 0 Å². The molecule has 1 aliphatic rings. The van der Waals surface area contributed by atoms with Crippen molar-refractivity contribution >= 4 is 5.91 Å². The van der Waals surface area contributed by atoms with Gasteiger partial charge in [-0.2, -0.15) is 5.26 Å². The van der Waals surface area contributed by atoms with Crippen LogP contribution in [0.25, 0.3) is 0 Å². The van der Waals surface area contributed by atoms with Gasteiger partial charge < -0.3 is 19.1 Å². The van der Waals surface area contributed by atoms with E-state index in [1.807, 2.05) is 30.3 Å². The van der Waals surface area contributed by atoms with E-state index in [9.17, 15) is 4.79 Å². The summed E-state index contributed by atoms with van der Waals surface area (Å²) in [6.45, 7) is 0.724. The summed E-state index contributed by atoms with van der Waals surface area (Å²) in [6.07, 6.45) is -0.223. The molecular weight excluding hydrogens is 320 g/mol. The lowest BCUT2D eigenvalue weighted by Crippen LogP contribution is -2.43. The Hall–Kier alpha value is -3.20. The smallest absolute Gasteiger partial charge is 0.260 e. The molecule has 0 saturated heterocycles. The first kappa shape index (κ1) is 16.7. The minimum atomic E-state index is -0.223. The Morgan fingerprint density at radius 3 is 2.68 bits per heavy atom. The van der Waals surface area contributed by atoms with E-state index in [-0.39, 0.29) is 18.6 Å². The van der Waals surface area contributed by atoms with Crippen LogP contribution in [-0.4, -0.2) is 43.7 Å². The van der Waals surface area contributed by atoms with E-state index in [0.717, 1.165) is 5.75 Å². The standard InChI is InChI=1S/C19H18N2O4/c1-21(11-16-12-24-17-4-2-3-5-18(17)25-16)19(22)13-23-15-8-6-14(10-20)7-9-15/h2-9,16H,11-13H2,1H3. The number of hydrogen-bond donors (Lipinski definition) is 0. The molecule has 0 saturated carbocycles. The van der Waals surface area contributed by atoms with Crippen molar-refractivity contribution in [1.82, 2.24) is 4.90 Å². The van der Waals surface area contributed by atoms with Gasteiger partial charge in [0.1, 0.15) is 12.4 Å². The van der Waals surface area contributed by atoms with Gasteiger partial charge in [-0.3, -0.25) is 4.79 Å². The molecule has 1 atom stereocenters. The second-order valence-electron chi connectivity index (χ2n) is 5.70. The summed E-state index contributed by atoms with van der Waals surface area (Å²) in [7, 11) is 1.70. The van der Waals surface area contributed by atoms with Gasteiger partial charge in [0.15, 0.2) is 24.2 Å². The number of nitriles is 1. The number of likely N-dealkylation sites (N-methyl/N-ethyl adjacent to an activating group) is 1. The third-order valence-electron chi connectivity index (χ3n) is 3.82. The van der Waals surface area contributed by atoms with Crippen LogP contribution in [0.15, 0.2) is 48.5 Å². The lowest BCUT2D eigenvalue weighted by molar-refractivity contribution is -0.133. The van der Waals surface area contributed by atoms with Crippen LogP contribution in [0.3, 0.4) is 0 Å². The van der Waals surface area contributed by atoms with Gasteiger partial charge in [-0.1, -0.05) is 12.1 Å². The van der Waals surface area contributed by atoms with Crippen LogP contribution < -0.4 is 14.2 Å². The maximum absolute atomic E-state index is 12.2. The van der Waals surface area contributed by atoms with Crippen molar-refractivity contribution < 1.29 is 19.0 Å². The van der Waals surface area contributed by atoms with E-state index in [4.69, 9.17) is 19.5 Å². The Balaban J connectivity index is 1.48. The molecular formula is C19H18N2O4. The Kier molecular flexibility index (Phi) is 5.05. The lowest BCUT2D eigenvalue weighted by atomic mass is 10.2. The molecule has 2 aromatic carbocycles. The average molecular weight is 338 g/mol. The number of benzene rings is 2. The summed E-state index contributed by atoms with van der Waals surface area (Å²) >= 11 is 0. The topological polar surface area (TPSA) is 71.8 Å². The number of carbonyl (C=O) groups is 1. The average Bonchev–Trinajstić information content (AvgIpc) is 2.66. The molecule has 1 unspecified atom stereocenters. The minimum Gasteiger partial charge on any atom is -0.486 e. The summed E-state index contributed by atoms with van der Waals surface area (Å²) in [6, 6.07) is 16.1. The second kappa shape index (κ2) is 7.58. The Bertz CT molecular complexity index is 783. The Labute approximate surface area is 146 Å². The van der Waals surface area contributed by atoms with E-state index in [2.05, 4.69) is 0 Å². The van der Waals surface area contributed by atoms with E-state index < -0.39 is 0 Å². The van der Waals surface area contributed by atoms with Gasteiger partial charge in [0.25, 0.3) is 5.91 Å². The third kappa shape index (κ3) is 4.21. The Morgan fingerprint density at radius 2 is 1.96 bits per heavy atom. The summed E-state index contributed by atoms with van der Waals surface area (Å²) < 4.78 is 17.0. The van der Waals surface area contributed by atoms with E-state index >= 15 is 0 Å². The molecule has 6 heteroatoms. The molecule has 0 aliphatic carbocycles. The van der Waals surface area contributed by atoms with Crippen molar-refractivity contribution in [1.29, 1.82) is 5.26 Å². The van der Waals surface area contributed by atoms with Gasteiger partial charge in [0.05, 0.1) is 18.2 Å². The monoisotopic (exact) mass is 338 g/mol. The summed E-state index contributed by atoms with van der Waals surface area (Å²) in [5.74, 6) is 1.80. The fourth-order valence-corrected chi connectivity index (χ4v) is 2.44. The molecule has 1 heterocycles. The largest absolute Gasteiger partial charge is 0.486 e. The maximum Gasteiger partial charge on any atom is 0.260 e. The maximum atomic E-state index is 12.2. The van der Waals surface area contributed by atoms with Crippen LogP contribution in [0.4, 0.5) is 0 Å². The first-order valence-electron chi connectivity index (χ1n) is 7.91. The zero-order valence-electron chi connectivity index (χ0n) is 13.8. The minimum absolute atomic E-state index is 0.0768. The highest BCUT2D eigenvalue weighted by Crippen LogP contribution is 2.30. The number of rotatable bonds is 5. The molecule has 3 rings (SSSR count). The number of carbonyl (C=O) groups excluding carboxylic acids is 1. The highest BCUT2D eigenvalue weighted by molar-refractivity contribution is 5.77. The molecule has 1 aliphatic heterocycles. The summed E-state index contributed by atoms with van der Waals surface area (Å²) in [5.41, 5.74) is 0.547. The molecule has 0 bridgehead atoms. The number of fused-ring (bicyclic) bond motifs is 1. The van der Waals surface area contributed by atoms with Crippen molar-refractivity contribution in [3.05, 3.63) is 54.1 Å². The molecule has 0 N–H and O–H groups in total. The third-order valence-corrected chi connectivity index (χ3v) is 3.82. The van der Waals surface area contributed by atoms with E-state index in [0.29, 0.717) is 30.2 Å². The number of amides is 1. The second-order valence-corrected chi connectivity index (χ2v) is 5.70. The highest BCUT2D eigenvalue weighted by Gasteiger charge is 2.23. The van der Waals surface area contributed by atoms with E-state index in [1.54, 1.807) is 36.2 Å². The van der Waals surface area contributed by atoms with Crippen molar-refractivity contribution in [2.75, 3.05) is 26.8 Å². The predicted molar refractivity (Wildman–Crippen MR) is 90.6 cm³/mol. The van der Waals surface area contributed by atoms with Crippen LogP contribution in [-0.2, 0) is 4.79 Å². The molecule has 2 aromatic rings. The normalized spacial score (nSPS) is 15.1. The van der Waals surface area contributed by atoms with Gasteiger partial charge in [-0.15, -0.1) is 0 Å². The van der Waals surface area contributed by atoms with Gasteiger partial charge in [0.2, 0.25) is 0 Å². The Morgan fingerprint density at radius 1 is 1.24 bits per heavy atom. The van der Waals surface area contributed by atoms with E-state index in [1.165, 1.54) is 0 Å². The number of hydrogen-bond acceptors (Lipinski definition) is 5. The fraction of sp³-hybridized carbons (Fsp3) is 0.263. The fourth-order valence-electron chi connectivity index (χ4n) is 2.44. The highest BCUT2D eigenvalue weighted by atomic mass is 16.6. The number of nitrogens with zero attached hydrogens (tertiary/aromatic N) is 2. The van der Waals surface area contributed by atoms with Crippen LogP contribution in [0, 0.1) is 11.3 Å². The molecule has 1 amide bonds. The van der Waals surface area contributed by atoms with Crippen molar-refractivity contribution in [3.63, 3.8) is 0 Å². The van der Waals surface area contributed by atoms with Crippen LogP contribution >= 0.6 is 0 Å². The van der Waals surface area contributed by atoms with Crippen LogP contribution in [0.5, 0.6) is 17.2 Å². The first-order chi connectivity index (χ1) is 12.2. The summed E-state index contributed by atoms with van der Waals surface area (Å²) in [5, 5.41) is 8.76. The molecule has 0 spiro atoms. The quantitative estimate of drug-likeness (QED) is 0.836. The van der Waals surface area contributed by atoms with Crippen LogP contribution in [0.2, 0.25) is 0 Å². The van der Waals surface area contributed by atoms with Crippen LogP contribution in [0.1, 0.15) is 5.56 Å². The summed E-state index contributed by atoms with van der Waals surface area (Å²) in [4.78, 5) is 13.8. The van der Waals surface area contributed by atoms with Crippen molar-refractivity contribution in [2.24, 2.45) is 0 Å². The zero-order chi connectivity index (χ0) is 17.6. The molecule has 0 radical (unpaired) electrons. The lowest BCUT2D eigenvalue weighted by Gasteiger charge is -2.29. The number of para-hydroxylation sites is 2. The molecule has 6 nitrogen and oxygen atoms in total. The van der Waals surface area contributed by atoms with Crippen molar-refractivity contribution in [2.45, 2.75) is 6.10 Å². The molecule has 128 valence electrons. The first-order valence-corrected chi connectivity index (χ1v) is 7.91. The van der Waals surface area contributed by atoms with Gasteiger partial charge in [-0.05, 0) is 36.4 Å². The predicted octanol–water partition coefficient (Wildman–Crippen LogP) is 2.24. The van der Waals surface area contributed by atoms with Gasteiger partial charge in [0, 0.05) is 7.05 Å².